The van der Waals surface area contributed by atoms with E-state index < -0.39 is 10.8 Å². The minimum absolute atomic E-state index is 0.333. The summed E-state index contributed by atoms with van der Waals surface area (Å²) in [7, 11) is -0.717. The van der Waals surface area contributed by atoms with Gasteiger partial charge in [-0.05, 0) is 19.4 Å². The lowest BCUT2D eigenvalue weighted by molar-refractivity contribution is 0.534. The molecule has 0 fully saturated rings. The summed E-state index contributed by atoms with van der Waals surface area (Å²) in [6, 6.07) is 4.15. The van der Waals surface area contributed by atoms with Crippen molar-refractivity contribution in [3.05, 3.63) is 29.0 Å². The van der Waals surface area contributed by atoms with Crippen LogP contribution < -0.4 is 5.32 Å². The zero-order valence-electron chi connectivity index (χ0n) is 9.57. The summed E-state index contributed by atoms with van der Waals surface area (Å²) in [6.45, 7) is 2.78. The van der Waals surface area contributed by atoms with Crippen molar-refractivity contribution in [2.75, 3.05) is 12.0 Å². The van der Waals surface area contributed by atoms with Gasteiger partial charge in [-0.15, -0.1) is 0 Å². The van der Waals surface area contributed by atoms with Crippen LogP contribution in [0.25, 0.3) is 0 Å². The van der Waals surface area contributed by atoms with Crippen LogP contribution in [0, 0.1) is 0 Å². The van der Waals surface area contributed by atoms with E-state index in [0.29, 0.717) is 17.7 Å². The van der Waals surface area contributed by atoms with Gasteiger partial charge in [0.25, 0.3) is 0 Å². The molecule has 16 heavy (non-hydrogen) atoms. The fraction of sp³-hybridized carbons (Fsp3) is 0.545. The van der Waals surface area contributed by atoms with Gasteiger partial charge in [0.15, 0.2) is 0 Å². The number of aromatic nitrogens is 1. The molecule has 0 amide bonds. The quantitative estimate of drug-likeness (QED) is 0.796. The molecule has 0 bridgehead atoms. The highest BCUT2D eigenvalue weighted by atomic mass is 35.5. The first-order valence-corrected chi connectivity index (χ1v) is 7.33. The van der Waals surface area contributed by atoms with Crippen LogP contribution in [0.4, 0.5) is 0 Å². The number of halogens is 1. The second-order valence-corrected chi connectivity index (χ2v) is 5.71. The average Bonchev–Trinajstić information content (AvgIpc) is 2.25. The standard InChI is InChI=1S/C11H17ClN2OS/c1-9(5-7-16(2)15)14-8-10-4-3-6-13-11(10)12/h3-4,6,9,14H,5,7-8H2,1-2H3. The van der Waals surface area contributed by atoms with Crippen LogP contribution in [0.15, 0.2) is 18.3 Å². The van der Waals surface area contributed by atoms with E-state index in [-0.39, 0.29) is 0 Å². The van der Waals surface area contributed by atoms with Gasteiger partial charge in [0.2, 0.25) is 0 Å². The maximum absolute atomic E-state index is 10.9. The molecule has 0 radical (unpaired) electrons. The summed E-state index contributed by atoms with van der Waals surface area (Å²) >= 11 is 5.94. The monoisotopic (exact) mass is 260 g/mol. The second kappa shape index (κ2) is 6.99. The molecule has 0 aliphatic carbocycles. The summed E-state index contributed by atoms with van der Waals surface area (Å²) in [5, 5.41) is 3.88. The normalized spacial score (nSPS) is 14.7. The predicted octanol–water partition coefficient (Wildman–Crippen LogP) is 1.98. The van der Waals surface area contributed by atoms with Crippen molar-refractivity contribution in [1.82, 2.24) is 10.3 Å². The Balaban J connectivity index is 2.34. The maximum atomic E-state index is 10.9. The van der Waals surface area contributed by atoms with Gasteiger partial charge in [0, 0.05) is 47.2 Å². The first kappa shape index (κ1) is 13.6. The first-order valence-electron chi connectivity index (χ1n) is 5.22. The Kier molecular flexibility index (Phi) is 5.95. The molecule has 0 saturated heterocycles. The molecule has 2 atom stereocenters. The van der Waals surface area contributed by atoms with E-state index in [4.69, 9.17) is 11.6 Å². The fourth-order valence-electron chi connectivity index (χ4n) is 1.28. The Morgan fingerprint density at radius 2 is 2.38 bits per heavy atom. The SMILES string of the molecule is CC(CCS(C)=O)NCc1cccnc1Cl. The average molecular weight is 261 g/mol. The van der Waals surface area contributed by atoms with E-state index in [1.54, 1.807) is 12.5 Å². The van der Waals surface area contributed by atoms with Crippen LogP contribution in [-0.4, -0.2) is 27.2 Å². The minimum atomic E-state index is -0.717. The molecular formula is C11H17ClN2OS. The van der Waals surface area contributed by atoms with E-state index in [1.807, 2.05) is 12.1 Å². The lowest BCUT2D eigenvalue weighted by Gasteiger charge is -2.13. The van der Waals surface area contributed by atoms with Crippen molar-refractivity contribution < 1.29 is 4.21 Å². The van der Waals surface area contributed by atoms with Crippen molar-refractivity contribution >= 4 is 22.4 Å². The number of hydrogen-bond acceptors (Lipinski definition) is 3. The van der Waals surface area contributed by atoms with Gasteiger partial charge < -0.3 is 5.32 Å². The highest BCUT2D eigenvalue weighted by Crippen LogP contribution is 2.11. The number of rotatable bonds is 6. The molecule has 0 aliphatic heterocycles. The van der Waals surface area contributed by atoms with Crippen LogP contribution in [-0.2, 0) is 17.3 Å². The molecule has 1 N–H and O–H groups in total. The highest BCUT2D eigenvalue weighted by molar-refractivity contribution is 7.84. The van der Waals surface area contributed by atoms with Gasteiger partial charge in [-0.2, -0.15) is 0 Å². The van der Waals surface area contributed by atoms with Gasteiger partial charge in [0.05, 0.1) is 0 Å². The molecule has 2 unspecified atom stereocenters. The minimum Gasteiger partial charge on any atom is -0.310 e. The van der Waals surface area contributed by atoms with Gasteiger partial charge in [-0.3, -0.25) is 4.21 Å². The van der Waals surface area contributed by atoms with E-state index in [0.717, 1.165) is 17.7 Å². The largest absolute Gasteiger partial charge is 0.310 e. The fourth-order valence-corrected chi connectivity index (χ4v) is 2.15. The van der Waals surface area contributed by atoms with Crippen LogP contribution in [0.3, 0.4) is 0 Å². The van der Waals surface area contributed by atoms with Gasteiger partial charge in [-0.25, -0.2) is 4.98 Å². The lowest BCUT2D eigenvalue weighted by Crippen LogP contribution is -2.27. The molecular weight excluding hydrogens is 244 g/mol. The smallest absolute Gasteiger partial charge is 0.133 e. The van der Waals surface area contributed by atoms with Crippen molar-refractivity contribution in [1.29, 1.82) is 0 Å². The molecule has 0 spiro atoms. The highest BCUT2D eigenvalue weighted by Gasteiger charge is 2.05. The summed E-state index contributed by atoms with van der Waals surface area (Å²) in [6.07, 6.45) is 4.31. The van der Waals surface area contributed by atoms with Crippen LogP contribution in [0.1, 0.15) is 18.9 Å². The third-order valence-corrected chi connectivity index (χ3v) is 3.47. The first-order chi connectivity index (χ1) is 7.59. The van der Waals surface area contributed by atoms with E-state index in [1.165, 1.54) is 0 Å². The van der Waals surface area contributed by atoms with Gasteiger partial charge >= 0.3 is 0 Å². The Bertz CT molecular complexity index is 360. The molecule has 1 aromatic heterocycles. The van der Waals surface area contributed by atoms with Crippen molar-refractivity contribution in [3.63, 3.8) is 0 Å². The number of hydrogen-bond donors (Lipinski definition) is 1. The second-order valence-electron chi connectivity index (χ2n) is 3.80. The molecule has 0 aliphatic rings. The molecule has 1 rings (SSSR count). The Morgan fingerprint density at radius 1 is 1.62 bits per heavy atom. The summed E-state index contributed by atoms with van der Waals surface area (Å²) < 4.78 is 10.9. The van der Waals surface area contributed by atoms with E-state index in [2.05, 4.69) is 17.2 Å². The molecule has 0 aromatic carbocycles. The van der Waals surface area contributed by atoms with Gasteiger partial charge in [-0.1, -0.05) is 17.7 Å². The van der Waals surface area contributed by atoms with Gasteiger partial charge in [0.1, 0.15) is 5.15 Å². The molecule has 3 nitrogen and oxygen atoms in total. The lowest BCUT2D eigenvalue weighted by atomic mass is 10.2. The molecule has 0 saturated carbocycles. The van der Waals surface area contributed by atoms with E-state index in [9.17, 15) is 4.21 Å². The molecule has 90 valence electrons. The van der Waals surface area contributed by atoms with E-state index >= 15 is 0 Å². The van der Waals surface area contributed by atoms with Crippen molar-refractivity contribution in [3.8, 4) is 0 Å². The molecule has 5 heteroatoms. The summed E-state index contributed by atoms with van der Waals surface area (Å²) in [5.41, 5.74) is 0.994. The number of pyridine rings is 1. The summed E-state index contributed by atoms with van der Waals surface area (Å²) in [5.74, 6) is 0.731. The topological polar surface area (TPSA) is 42.0 Å². The predicted molar refractivity (Wildman–Crippen MR) is 69.1 cm³/mol. The maximum Gasteiger partial charge on any atom is 0.133 e. The Morgan fingerprint density at radius 3 is 3.00 bits per heavy atom. The zero-order chi connectivity index (χ0) is 12.0. The summed E-state index contributed by atoms with van der Waals surface area (Å²) in [4.78, 5) is 4.01. The van der Waals surface area contributed by atoms with Crippen LogP contribution in [0.2, 0.25) is 5.15 Å². The number of nitrogens with one attached hydrogen (secondary N) is 1. The molecule has 1 heterocycles. The molecule has 1 aromatic rings. The van der Waals surface area contributed by atoms with Crippen LogP contribution in [0.5, 0.6) is 0 Å². The third-order valence-electron chi connectivity index (χ3n) is 2.32. The van der Waals surface area contributed by atoms with Crippen molar-refractivity contribution in [2.24, 2.45) is 0 Å². The van der Waals surface area contributed by atoms with Crippen LogP contribution >= 0.6 is 11.6 Å². The third kappa shape index (κ3) is 5.05. The Labute approximate surface area is 104 Å². The van der Waals surface area contributed by atoms with Crippen molar-refractivity contribution in [2.45, 2.75) is 25.9 Å². The Hall–Kier alpha value is -0.450. The zero-order valence-corrected chi connectivity index (χ0v) is 11.1. The number of nitrogens with zero attached hydrogens (tertiary/aromatic N) is 1.